The van der Waals surface area contributed by atoms with Crippen molar-refractivity contribution in [1.82, 2.24) is 9.78 Å². The number of nitrogens with one attached hydrogen (secondary N) is 1. The highest BCUT2D eigenvalue weighted by molar-refractivity contribution is 7.98. The van der Waals surface area contributed by atoms with Crippen LogP contribution in [0.1, 0.15) is 48.1 Å². The van der Waals surface area contributed by atoms with Crippen molar-refractivity contribution >= 4 is 35.1 Å². The van der Waals surface area contributed by atoms with Crippen molar-refractivity contribution in [1.29, 1.82) is 0 Å². The van der Waals surface area contributed by atoms with E-state index in [1.807, 2.05) is 52.8 Å². The molecule has 154 valence electrons. The molecule has 1 saturated carbocycles. The first-order valence-electron chi connectivity index (χ1n) is 10.4. The molecule has 1 aromatic heterocycles. The van der Waals surface area contributed by atoms with Crippen LogP contribution < -0.4 is 5.32 Å². The summed E-state index contributed by atoms with van der Waals surface area (Å²) in [7, 11) is 0. The minimum atomic E-state index is -0.510. The van der Waals surface area contributed by atoms with Crippen LogP contribution in [0.3, 0.4) is 0 Å². The normalized spacial score (nSPS) is 17.1. The molecule has 6 heteroatoms. The Bertz CT molecular complexity index is 1100. The zero-order valence-corrected chi connectivity index (χ0v) is 18.5. The molecule has 0 bridgehead atoms. The second kappa shape index (κ2) is 7.78. The van der Waals surface area contributed by atoms with Crippen LogP contribution in [-0.4, -0.2) is 15.7 Å². The minimum absolute atomic E-state index is 0.0664. The van der Waals surface area contributed by atoms with Crippen molar-refractivity contribution in [3.05, 3.63) is 75.9 Å². The number of anilines is 1. The van der Waals surface area contributed by atoms with Crippen LogP contribution in [0.2, 0.25) is 5.02 Å². The lowest BCUT2D eigenvalue weighted by atomic mass is 9.78. The summed E-state index contributed by atoms with van der Waals surface area (Å²) in [5.41, 5.74) is 4.92. The molecule has 1 fully saturated rings. The van der Waals surface area contributed by atoms with Gasteiger partial charge in [-0.3, -0.25) is 4.79 Å². The summed E-state index contributed by atoms with van der Waals surface area (Å²) in [6.45, 7) is 2.08. The Balaban J connectivity index is 1.56. The molecular formula is C24H24ClN3OS. The quantitative estimate of drug-likeness (QED) is 0.541. The number of nitrogens with zero attached hydrogens (tertiary/aromatic N) is 2. The standard InChI is InChI=1S/C24H24ClN3OS/c1-16-6-2-3-7-21(16)28-22(19-14-30-15-20(19)27-28)26-23(29)24(12-4-5-13-24)17-8-10-18(25)11-9-17/h2-3,6-11H,4-5,12-15H2,1H3,(H,26,29). The van der Waals surface area contributed by atoms with Crippen molar-refractivity contribution in [2.24, 2.45) is 0 Å². The van der Waals surface area contributed by atoms with E-state index in [0.717, 1.165) is 71.1 Å². The summed E-state index contributed by atoms with van der Waals surface area (Å²) in [6.07, 6.45) is 3.83. The molecule has 1 aliphatic heterocycles. The maximum atomic E-state index is 13.8. The average Bonchev–Trinajstić information content (AvgIpc) is 3.47. The maximum Gasteiger partial charge on any atom is 0.236 e. The van der Waals surface area contributed by atoms with E-state index in [1.54, 1.807) is 0 Å². The number of halogens is 1. The lowest BCUT2D eigenvalue weighted by Crippen LogP contribution is -2.38. The molecule has 1 aliphatic carbocycles. The molecule has 3 aromatic rings. The highest BCUT2D eigenvalue weighted by atomic mass is 35.5. The van der Waals surface area contributed by atoms with Gasteiger partial charge in [0.1, 0.15) is 5.82 Å². The monoisotopic (exact) mass is 437 g/mol. The zero-order valence-electron chi connectivity index (χ0n) is 17.0. The molecule has 0 atom stereocenters. The van der Waals surface area contributed by atoms with Crippen LogP contribution in [0.25, 0.3) is 5.69 Å². The Morgan fingerprint density at radius 1 is 1.10 bits per heavy atom. The first kappa shape index (κ1) is 19.7. The second-order valence-corrected chi connectivity index (χ2v) is 9.64. The molecule has 0 spiro atoms. The number of amides is 1. The van der Waals surface area contributed by atoms with Gasteiger partial charge in [0, 0.05) is 22.1 Å². The van der Waals surface area contributed by atoms with E-state index in [9.17, 15) is 4.79 Å². The fourth-order valence-electron chi connectivity index (χ4n) is 4.74. The van der Waals surface area contributed by atoms with Crippen LogP contribution in [0.5, 0.6) is 0 Å². The van der Waals surface area contributed by atoms with E-state index >= 15 is 0 Å². The smallest absolute Gasteiger partial charge is 0.236 e. The largest absolute Gasteiger partial charge is 0.310 e. The van der Waals surface area contributed by atoms with Gasteiger partial charge >= 0.3 is 0 Å². The predicted octanol–water partition coefficient (Wildman–Crippen LogP) is 6.03. The summed E-state index contributed by atoms with van der Waals surface area (Å²) in [5.74, 6) is 2.66. The Labute approximate surface area is 186 Å². The van der Waals surface area contributed by atoms with Gasteiger partial charge in [0.15, 0.2) is 0 Å². The van der Waals surface area contributed by atoms with E-state index < -0.39 is 5.41 Å². The fourth-order valence-corrected chi connectivity index (χ4v) is 5.90. The van der Waals surface area contributed by atoms with Crippen LogP contribution in [0, 0.1) is 6.92 Å². The molecule has 0 saturated heterocycles. The number of fused-ring (bicyclic) bond motifs is 1. The van der Waals surface area contributed by atoms with Crippen LogP contribution in [-0.2, 0) is 21.7 Å². The molecule has 2 aliphatic rings. The Hall–Kier alpha value is -2.24. The lowest BCUT2D eigenvalue weighted by molar-refractivity contribution is -0.121. The number of hydrogen-bond donors (Lipinski definition) is 1. The average molecular weight is 438 g/mol. The van der Waals surface area contributed by atoms with Gasteiger partial charge in [-0.05, 0) is 49.1 Å². The molecule has 30 heavy (non-hydrogen) atoms. The van der Waals surface area contributed by atoms with Gasteiger partial charge in [0.25, 0.3) is 0 Å². The third kappa shape index (κ3) is 3.25. The van der Waals surface area contributed by atoms with Crippen molar-refractivity contribution in [3.8, 4) is 5.69 Å². The van der Waals surface area contributed by atoms with E-state index in [-0.39, 0.29) is 5.91 Å². The summed E-state index contributed by atoms with van der Waals surface area (Å²) >= 11 is 7.96. The molecule has 2 heterocycles. The lowest BCUT2D eigenvalue weighted by Gasteiger charge is -2.29. The fraction of sp³-hybridized carbons (Fsp3) is 0.333. The van der Waals surface area contributed by atoms with Gasteiger partial charge in [0.05, 0.1) is 16.8 Å². The number of carbonyl (C=O) groups excluding carboxylic acids is 1. The van der Waals surface area contributed by atoms with Crippen LogP contribution in [0.4, 0.5) is 5.82 Å². The molecule has 2 aromatic carbocycles. The number of thioether (sulfide) groups is 1. The summed E-state index contributed by atoms with van der Waals surface area (Å²) in [4.78, 5) is 13.8. The molecule has 1 N–H and O–H groups in total. The van der Waals surface area contributed by atoms with E-state index in [2.05, 4.69) is 24.4 Å². The van der Waals surface area contributed by atoms with E-state index in [0.29, 0.717) is 5.02 Å². The van der Waals surface area contributed by atoms with E-state index in [1.165, 1.54) is 0 Å². The minimum Gasteiger partial charge on any atom is -0.310 e. The van der Waals surface area contributed by atoms with Crippen LogP contribution in [0.15, 0.2) is 48.5 Å². The molecular weight excluding hydrogens is 414 g/mol. The number of benzene rings is 2. The van der Waals surface area contributed by atoms with Crippen molar-refractivity contribution in [2.75, 3.05) is 5.32 Å². The molecule has 0 radical (unpaired) electrons. The number of aryl methyl sites for hydroxylation is 1. The van der Waals surface area contributed by atoms with E-state index in [4.69, 9.17) is 16.7 Å². The zero-order chi connectivity index (χ0) is 20.7. The number of hydrogen-bond acceptors (Lipinski definition) is 3. The SMILES string of the molecule is Cc1ccccc1-n1nc2c(c1NC(=O)C1(c3ccc(Cl)cc3)CCCC1)CSC2. The summed E-state index contributed by atoms with van der Waals surface area (Å²) in [6, 6.07) is 16.0. The Kier molecular flexibility index (Phi) is 5.11. The second-order valence-electron chi connectivity index (χ2n) is 8.22. The third-order valence-corrected chi connectivity index (χ3v) is 7.64. The Morgan fingerprint density at radius 2 is 1.83 bits per heavy atom. The topological polar surface area (TPSA) is 46.9 Å². The van der Waals surface area contributed by atoms with Crippen molar-refractivity contribution < 1.29 is 4.79 Å². The number of aromatic nitrogens is 2. The third-order valence-electron chi connectivity index (χ3n) is 6.42. The van der Waals surface area contributed by atoms with Crippen LogP contribution >= 0.6 is 23.4 Å². The first-order chi connectivity index (χ1) is 14.6. The van der Waals surface area contributed by atoms with Gasteiger partial charge < -0.3 is 5.32 Å². The Morgan fingerprint density at radius 3 is 2.57 bits per heavy atom. The molecule has 4 nitrogen and oxygen atoms in total. The summed E-state index contributed by atoms with van der Waals surface area (Å²) < 4.78 is 1.93. The number of rotatable bonds is 4. The molecule has 1 amide bonds. The van der Waals surface area contributed by atoms with Crippen molar-refractivity contribution in [3.63, 3.8) is 0 Å². The number of para-hydroxylation sites is 1. The highest BCUT2D eigenvalue weighted by Crippen LogP contribution is 2.44. The highest BCUT2D eigenvalue weighted by Gasteiger charge is 2.43. The summed E-state index contributed by atoms with van der Waals surface area (Å²) in [5, 5.41) is 8.89. The maximum absolute atomic E-state index is 13.8. The first-order valence-corrected chi connectivity index (χ1v) is 11.9. The van der Waals surface area contributed by atoms with Gasteiger partial charge in [0.2, 0.25) is 5.91 Å². The predicted molar refractivity (Wildman–Crippen MR) is 124 cm³/mol. The molecule has 5 rings (SSSR count). The molecule has 0 unspecified atom stereocenters. The van der Waals surface area contributed by atoms with Gasteiger partial charge in [-0.25, -0.2) is 4.68 Å². The van der Waals surface area contributed by atoms with Gasteiger partial charge in [-0.15, -0.1) is 0 Å². The number of carbonyl (C=O) groups is 1. The van der Waals surface area contributed by atoms with Crippen molar-refractivity contribution in [2.45, 2.75) is 49.5 Å². The van der Waals surface area contributed by atoms with Gasteiger partial charge in [-0.2, -0.15) is 16.9 Å². The van der Waals surface area contributed by atoms with Gasteiger partial charge in [-0.1, -0.05) is 54.8 Å².